The van der Waals surface area contributed by atoms with Gasteiger partial charge in [-0.05, 0) is 57.0 Å². The van der Waals surface area contributed by atoms with Crippen molar-refractivity contribution >= 4 is 23.6 Å². The van der Waals surface area contributed by atoms with Gasteiger partial charge in [0.1, 0.15) is 17.4 Å². The third-order valence-electron chi connectivity index (χ3n) is 3.82. The van der Waals surface area contributed by atoms with Crippen LogP contribution in [0, 0.1) is 25.2 Å². The number of aryl methyl sites for hydroxylation is 2. The van der Waals surface area contributed by atoms with Crippen molar-refractivity contribution in [2.45, 2.75) is 27.7 Å². The lowest BCUT2D eigenvalue weighted by molar-refractivity contribution is -0.112. The van der Waals surface area contributed by atoms with Crippen molar-refractivity contribution in [3.8, 4) is 6.07 Å². The zero-order valence-electron chi connectivity index (χ0n) is 15.1. The molecule has 2 rings (SSSR count). The van der Waals surface area contributed by atoms with E-state index in [1.165, 1.54) is 6.08 Å². The molecule has 0 aliphatic carbocycles. The number of amides is 1. The van der Waals surface area contributed by atoms with Crippen LogP contribution >= 0.6 is 0 Å². The summed E-state index contributed by atoms with van der Waals surface area (Å²) in [5.41, 5.74) is 2.77. The van der Waals surface area contributed by atoms with Gasteiger partial charge in [0, 0.05) is 30.9 Å². The van der Waals surface area contributed by atoms with Crippen LogP contribution in [-0.4, -0.2) is 19.0 Å². The third-order valence-corrected chi connectivity index (χ3v) is 3.82. The summed E-state index contributed by atoms with van der Waals surface area (Å²) in [7, 11) is 0. The predicted molar refractivity (Wildman–Crippen MR) is 100 cm³/mol. The number of benzene rings is 1. The monoisotopic (exact) mass is 337 g/mol. The second-order valence-corrected chi connectivity index (χ2v) is 5.85. The van der Waals surface area contributed by atoms with Gasteiger partial charge in [-0.3, -0.25) is 4.79 Å². The highest BCUT2D eigenvalue weighted by atomic mass is 16.4. The Hall–Kier alpha value is -3.00. The van der Waals surface area contributed by atoms with Gasteiger partial charge in [-0.15, -0.1) is 0 Å². The average molecular weight is 337 g/mol. The van der Waals surface area contributed by atoms with Gasteiger partial charge in [-0.2, -0.15) is 5.26 Å². The topological polar surface area (TPSA) is 69.3 Å². The van der Waals surface area contributed by atoms with Gasteiger partial charge in [-0.25, -0.2) is 0 Å². The summed E-state index contributed by atoms with van der Waals surface area (Å²) in [6, 6.07) is 11.3. The van der Waals surface area contributed by atoms with Crippen molar-refractivity contribution in [3.63, 3.8) is 0 Å². The molecule has 2 aromatic rings. The zero-order chi connectivity index (χ0) is 18.4. The number of hydrogen-bond donors (Lipinski definition) is 1. The summed E-state index contributed by atoms with van der Waals surface area (Å²) in [4.78, 5) is 14.4. The number of carbonyl (C=O) groups excluding carboxylic acids is 1. The summed E-state index contributed by atoms with van der Waals surface area (Å²) in [5.74, 6) is 0.755. The number of anilines is 2. The lowest BCUT2D eigenvalue weighted by Crippen LogP contribution is -2.20. The van der Waals surface area contributed by atoms with E-state index in [4.69, 9.17) is 4.42 Å². The van der Waals surface area contributed by atoms with E-state index < -0.39 is 5.91 Å². The molecule has 0 saturated heterocycles. The Morgan fingerprint density at radius 2 is 1.84 bits per heavy atom. The van der Waals surface area contributed by atoms with Crippen LogP contribution in [0.5, 0.6) is 0 Å². The Bertz CT molecular complexity index is 803. The molecule has 0 bridgehead atoms. The number of furan rings is 1. The van der Waals surface area contributed by atoms with Crippen molar-refractivity contribution in [2.24, 2.45) is 0 Å². The van der Waals surface area contributed by atoms with E-state index >= 15 is 0 Å². The first-order valence-corrected chi connectivity index (χ1v) is 8.33. The Kier molecular flexibility index (Phi) is 6.02. The Morgan fingerprint density at radius 1 is 1.20 bits per heavy atom. The minimum Gasteiger partial charge on any atom is -0.441 e. The van der Waals surface area contributed by atoms with E-state index in [1.807, 2.05) is 58.0 Å². The van der Waals surface area contributed by atoms with E-state index in [2.05, 4.69) is 10.2 Å². The van der Waals surface area contributed by atoms with E-state index in [9.17, 15) is 10.1 Å². The van der Waals surface area contributed by atoms with Crippen molar-refractivity contribution < 1.29 is 9.21 Å². The number of nitrogens with one attached hydrogen (secondary N) is 1. The lowest BCUT2D eigenvalue weighted by atomic mass is 10.1. The maximum Gasteiger partial charge on any atom is 0.266 e. The largest absolute Gasteiger partial charge is 0.441 e. The number of nitrogens with zero attached hydrogens (tertiary/aromatic N) is 2. The molecule has 1 aromatic carbocycles. The van der Waals surface area contributed by atoms with Crippen molar-refractivity contribution in [2.75, 3.05) is 23.3 Å². The molecule has 0 aliphatic heterocycles. The lowest BCUT2D eigenvalue weighted by Gasteiger charge is -2.16. The highest BCUT2D eigenvalue weighted by molar-refractivity contribution is 6.09. The van der Waals surface area contributed by atoms with Crippen molar-refractivity contribution in [1.82, 2.24) is 0 Å². The highest BCUT2D eigenvalue weighted by Crippen LogP contribution is 2.21. The van der Waals surface area contributed by atoms with Crippen LogP contribution in [0.2, 0.25) is 0 Å². The second kappa shape index (κ2) is 8.20. The van der Waals surface area contributed by atoms with Gasteiger partial charge >= 0.3 is 0 Å². The fraction of sp³-hybridized carbons (Fsp3) is 0.300. The summed E-state index contributed by atoms with van der Waals surface area (Å²) in [6.45, 7) is 9.65. The van der Waals surface area contributed by atoms with Crippen LogP contribution in [0.4, 0.5) is 11.6 Å². The Labute approximate surface area is 148 Å². The maximum atomic E-state index is 12.4. The molecule has 0 radical (unpaired) electrons. The quantitative estimate of drug-likeness (QED) is 0.630. The molecule has 130 valence electrons. The first kappa shape index (κ1) is 18.3. The minimum absolute atomic E-state index is 0.000365. The van der Waals surface area contributed by atoms with Crippen LogP contribution in [0.3, 0.4) is 0 Å². The number of rotatable bonds is 6. The summed E-state index contributed by atoms with van der Waals surface area (Å²) >= 11 is 0. The van der Waals surface area contributed by atoms with E-state index in [0.717, 1.165) is 30.1 Å². The fourth-order valence-electron chi connectivity index (χ4n) is 2.66. The third kappa shape index (κ3) is 4.74. The molecule has 0 aliphatic rings. The summed E-state index contributed by atoms with van der Waals surface area (Å²) in [6.07, 6.45) is 1.46. The SMILES string of the molecule is CCN(CC)c1ccc(/C=C(/C#N)C(=O)Nc2cc(C)cc(C)c2)o1. The predicted octanol–water partition coefficient (Wildman–Crippen LogP) is 4.29. The zero-order valence-corrected chi connectivity index (χ0v) is 15.1. The Morgan fingerprint density at radius 3 is 2.40 bits per heavy atom. The molecule has 25 heavy (non-hydrogen) atoms. The van der Waals surface area contributed by atoms with Gasteiger partial charge < -0.3 is 14.6 Å². The van der Waals surface area contributed by atoms with Gasteiger partial charge in [0.05, 0.1) is 0 Å². The van der Waals surface area contributed by atoms with Crippen LogP contribution in [0.15, 0.2) is 40.3 Å². The van der Waals surface area contributed by atoms with Gasteiger partial charge in [0.25, 0.3) is 5.91 Å². The van der Waals surface area contributed by atoms with Crippen LogP contribution in [0.25, 0.3) is 6.08 Å². The second-order valence-electron chi connectivity index (χ2n) is 5.85. The van der Waals surface area contributed by atoms with E-state index in [1.54, 1.807) is 6.07 Å². The molecule has 0 saturated carbocycles. The molecule has 0 atom stereocenters. The molecule has 0 unspecified atom stereocenters. The van der Waals surface area contributed by atoms with Crippen LogP contribution in [-0.2, 0) is 4.79 Å². The first-order valence-electron chi connectivity index (χ1n) is 8.33. The standard InChI is InChI=1S/C20H23N3O2/c1-5-23(6-2)19-8-7-18(25-19)12-16(13-21)20(24)22-17-10-14(3)9-15(4)11-17/h7-12H,5-6H2,1-4H3,(H,22,24)/b16-12-. The molecule has 1 N–H and O–H groups in total. The molecular weight excluding hydrogens is 314 g/mol. The van der Waals surface area contributed by atoms with Crippen LogP contribution in [0.1, 0.15) is 30.7 Å². The molecule has 5 heteroatoms. The van der Waals surface area contributed by atoms with Crippen LogP contribution < -0.4 is 10.2 Å². The van der Waals surface area contributed by atoms with Crippen molar-refractivity contribution in [3.05, 3.63) is 52.8 Å². The van der Waals surface area contributed by atoms with E-state index in [-0.39, 0.29) is 5.57 Å². The summed E-state index contributed by atoms with van der Waals surface area (Å²) in [5, 5.41) is 12.1. The van der Waals surface area contributed by atoms with E-state index in [0.29, 0.717) is 11.4 Å². The molecule has 0 fully saturated rings. The Balaban J connectivity index is 2.19. The molecule has 1 heterocycles. The fourth-order valence-corrected chi connectivity index (χ4v) is 2.66. The normalized spacial score (nSPS) is 11.1. The first-order chi connectivity index (χ1) is 12.0. The van der Waals surface area contributed by atoms with Crippen molar-refractivity contribution in [1.29, 1.82) is 5.26 Å². The number of nitriles is 1. The minimum atomic E-state index is -0.451. The van der Waals surface area contributed by atoms with Gasteiger partial charge in [0.2, 0.25) is 0 Å². The molecular formula is C20H23N3O2. The average Bonchev–Trinajstić information content (AvgIpc) is 3.01. The molecule has 1 aromatic heterocycles. The van der Waals surface area contributed by atoms with Gasteiger partial charge in [0.15, 0.2) is 5.88 Å². The molecule has 0 spiro atoms. The smallest absolute Gasteiger partial charge is 0.266 e. The molecule has 1 amide bonds. The maximum absolute atomic E-state index is 12.4. The highest BCUT2D eigenvalue weighted by Gasteiger charge is 2.12. The molecule has 5 nitrogen and oxygen atoms in total. The van der Waals surface area contributed by atoms with Gasteiger partial charge in [-0.1, -0.05) is 6.07 Å². The summed E-state index contributed by atoms with van der Waals surface area (Å²) < 4.78 is 5.72. The number of hydrogen-bond acceptors (Lipinski definition) is 4. The number of carbonyl (C=O) groups is 1.